The smallest absolute Gasteiger partial charge is 0.298 e. The Balaban J connectivity index is 1.75. The number of Topliss-reactive ketones (excluding diaryl/α,β-unsaturated/α-hetero) is 2. The summed E-state index contributed by atoms with van der Waals surface area (Å²) in [7, 11) is 0. The van der Waals surface area contributed by atoms with E-state index in [1.807, 2.05) is 0 Å². The fourth-order valence-electron chi connectivity index (χ4n) is 4.05. The van der Waals surface area contributed by atoms with Crippen LogP contribution in [-0.4, -0.2) is 16.6 Å². The number of nitrogens with zero attached hydrogens (tertiary/aromatic N) is 1. The van der Waals surface area contributed by atoms with Crippen molar-refractivity contribution in [2.75, 3.05) is 0 Å². The first kappa shape index (κ1) is 18.6. The molecule has 0 N–H and O–H groups in total. The maximum absolute atomic E-state index is 13.1. The number of ketones is 2. The van der Waals surface area contributed by atoms with Gasteiger partial charge < -0.3 is 0 Å². The van der Waals surface area contributed by atoms with Crippen LogP contribution in [0.1, 0.15) is 41.3 Å². The number of aryl methyl sites for hydroxylation is 1. The molecule has 2 saturated carbocycles. The molecule has 2 atom stereocenters. The number of fused-ring (bicyclic) bond motifs is 2. The molecule has 0 amide bonds. The van der Waals surface area contributed by atoms with E-state index < -0.39 is 17.7 Å². The van der Waals surface area contributed by atoms with Gasteiger partial charge in [-0.1, -0.05) is 17.7 Å². The van der Waals surface area contributed by atoms with Gasteiger partial charge in [0.25, 0.3) is 0 Å². The first-order valence-corrected chi connectivity index (χ1v) is 9.78. The highest BCUT2D eigenvalue weighted by atomic mass is 35.5. The van der Waals surface area contributed by atoms with Crippen LogP contribution in [0.25, 0.3) is 10.6 Å². The molecule has 2 fully saturated rings. The lowest BCUT2D eigenvalue weighted by Gasteiger charge is -2.24. The van der Waals surface area contributed by atoms with Crippen molar-refractivity contribution in [3.8, 4) is 10.6 Å². The van der Waals surface area contributed by atoms with Crippen LogP contribution in [0.4, 0.5) is 13.2 Å². The minimum Gasteiger partial charge on any atom is -0.298 e. The first-order chi connectivity index (χ1) is 12.7. The van der Waals surface area contributed by atoms with Gasteiger partial charge in [0.2, 0.25) is 0 Å². The molecule has 2 aliphatic rings. The van der Waals surface area contributed by atoms with Gasteiger partial charge in [0.15, 0.2) is 11.6 Å². The Kier molecular flexibility index (Phi) is 4.42. The topological polar surface area (TPSA) is 47.0 Å². The Hall–Kier alpha value is -1.73. The summed E-state index contributed by atoms with van der Waals surface area (Å²) in [5, 5.41) is -0.0304. The summed E-state index contributed by atoms with van der Waals surface area (Å²) in [6.45, 7) is 1.74. The van der Waals surface area contributed by atoms with Gasteiger partial charge in [-0.25, -0.2) is 4.98 Å². The van der Waals surface area contributed by atoms with E-state index in [0.717, 1.165) is 18.9 Å². The molecule has 1 heterocycles. The van der Waals surface area contributed by atoms with Crippen LogP contribution in [-0.2, 0) is 15.8 Å². The fraction of sp³-hybridized carbons (Fsp3) is 0.421. The third-order valence-electron chi connectivity index (χ3n) is 5.43. The van der Waals surface area contributed by atoms with Crippen molar-refractivity contribution in [2.24, 2.45) is 11.8 Å². The Bertz CT molecular complexity index is 931. The molecular formula is C19H15ClF3NO2S. The molecule has 2 aliphatic carbocycles. The summed E-state index contributed by atoms with van der Waals surface area (Å²) in [6.07, 6.45) is -2.49. The van der Waals surface area contributed by atoms with Gasteiger partial charge in [-0.2, -0.15) is 13.2 Å². The van der Waals surface area contributed by atoms with Crippen LogP contribution >= 0.6 is 22.9 Å². The minimum atomic E-state index is -4.57. The fourth-order valence-corrected chi connectivity index (χ4v) is 5.23. The predicted molar refractivity (Wildman–Crippen MR) is 95.9 cm³/mol. The van der Waals surface area contributed by atoms with E-state index in [0.29, 0.717) is 22.0 Å². The second-order valence-electron chi connectivity index (χ2n) is 7.10. The number of benzene rings is 1. The van der Waals surface area contributed by atoms with Crippen molar-refractivity contribution in [1.82, 2.24) is 4.98 Å². The van der Waals surface area contributed by atoms with Crippen LogP contribution in [0.5, 0.6) is 0 Å². The average molecular weight is 414 g/mol. The molecule has 0 unspecified atom stereocenters. The highest BCUT2D eigenvalue weighted by Gasteiger charge is 2.48. The Morgan fingerprint density at radius 1 is 1.15 bits per heavy atom. The van der Waals surface area contributed by atoms with Gasteiger partial charge in [0.05, 0.1) is 16.3 Å². The summed E-state index contributed by atoms with van der Waals surface area (Å²) in [5.74, 6) is -1.28. The van der Waals surface area contributed by atoms with Gasteiger partial charge in [-0.05, 0) is 38.3 Å². The van der Waals surface area contributed by atoms with Crippen molar-refractivity contribution in [3.05, 3.63) is 39.4 Å². The molecule has 27 heavy (non-hydrogen) atoms. The van der Waals surface area contributed by atoms with E-state index in [-0.39, 0.29) is 34.0 Å². The Morgan fingerprint density at radius 3 is 2.37 bits per heavy atom. The molecule has 0 saturated heterocycles. The lowest BCUT2D eigenvalue weighted by atomic mass is 9.77. The predicted octanol–water partition coefficient (Wildman–Crippen LogP) is 5.44. The second kappa shape index (κ2) is 6.41. The number of hydrogen-bond donors (Lipinski definition) is 0. The number of alkyl halides is 3. The number of aromatic nitrogens is 1. The van der Waals surface area contributed by atoms with Crippen molar-refractivity contribution in [3.63, 3.8) is 0 Å². The molecule has 0 radical (unpaired) electrons. The highest BCUT2D eigenvalue weighted by Crippen LogP contribution is 2.46. The zero-order chi connectivity index (χ0) is 19.5. The van der Waals surface area contributed by atoms with Gasteiger partial charge in [0.1, 0.15) is 10.9 Å². The van der Waals surface area contributed by atoms with E-state index in [9.17, 15) is 22.8 Å². The summed E-state index contributed by atoms with van der Waals surface area (Å²) in [5.41, 5.74) is -0.270. The zero-order valence-corrected chi connectivity index (χ0v) is 15.8. The number of hydrogen-bond acceptors (Lipinski definition) is 4. The molecular weight excluding hydrogens is 399 g/mol. The average Bonchev–Trinajstić information content (AvgIpc) is 3.19. The van der Waals surface area contributed by atoms with Crippen molar-refractivity contribution >= 4 is 34.5 Å². The molecule has 4 rings (SSSR count). The van der Waals surface area contributed by atoms with Crippen LogP contribution < -0.4 is 0 Å². The lowest BCUT2D eigenvalue weighted by Crippen LogP contribution is -2.35. The van der Waals surface area contributed by atoms with E-state index in [1.54, 1.807) is 6.92 Å². The summed E-state index contributed by atoms with van der Waals surface area (Å²) >= 11 is 6.86. The number of halogens is 4. The minimum absolute atomic E-state index is 0.0965. The summed E-state index contributed by atoms with van der Waals surface area (Å²) < 4.78 is 39.4. The molecule has 3 nitrogen and oxygen atoms in total. The quantitative estimate of drug-likeness (QED) is 0.616. The molecule has 1 aromatic carbocycles. The normalized spacial score (nSPS) is 25.3. The first-order valence-electron chi connectivity index (χ1n) is 8.58. The monoisotopic (exact) mass is 413 g/mol. The van der Waals surface area contributed by atoms with Gasteiger partial charge in [-0.3, -0.25) is 9.59 Å². The van der Waals surface area contributed by atoms with Crippen LogP contribution in [0, 0.1) is 18.8 Å². The third-order valence-corrected chi connectivity index (χ3v) is 6.80. The number of rotatable bonds is 2. The van der Waals surface area contributed by atoms with Crippen molar-refractivity contribution in [1.29, 1.82) is 0 Å². The molecule has 8 heteroatoms. The third kappa shape index (κ3) is 3.10. The summed E-state index contributed by atoms with van der Waals surface area (Å²) in [6, 6.07) is 3.61. The lowest BCUT2D eigenvalue weighted by molar-refractivity contribution is -0.138. The number of carbonyl (C=O) groups is 2. The van der Waals surface area contributed by atoms with Crippen molar-refractivity contribution in [2.45, 2.75) is 38.3 Å². The molecule has 142 valence electrons. The molecule has 2 aromatic rings. The maximum atomic E-state index is 13.1. The summed E-state index contributed by atoms with van der Waals surface area (Å²) in [4.78, 5) is 30.5. The highest BCUT2D eigenvalue weighted by molar-refractivity contribution is 7.15. The van der Waals surface area contributed by atoms with Crippen molar-refractivity contribution < 1.29 is 22.8 Å². The van der Waals surface area contributed by atoms with Gasteiger partial charge >= 0.3 is 6.18 Å². The standard InChI is InChI=1S/C19H15ClF3NO2S/c1-8-15(14-16(25)9-2-3-10(6-9)17(14)26)24-18(27-8)11-4-5-13(20)12(7-11)19(21,22)23/h4-5,7,9-10,14H,2-3,6H2,1H3/t9-,10-/m0/s1. The zero-order valence-electron chi connectivity index (χ0n) is 14.3. The second-order valence-corrected chi connectivity index (χ2v) is 8.71. The Labute approximate surface area is 162 Å². The van der Waals surface area contributed by atoms with E-state index >= 15 is 0 Å². The van der Waals surface area contributed by atoms with E-state index in [1.165, 1.54) is 23.5 Å². The van der Waals surface area contributed by atoms with Gasteiger partial charge in [0, 0.05) is 22.3 Å². The molecule has 2 bridgehead atoms. The molecule has 0 aliphatic heterocycles. The van der Waals surface area contributed by atoms with E-state index in [4.69, 9.17) is 11.6 Å². The molecule has 1 aromatic heterocycles. The Morgan fingerprint density at radius 2 is 1.78 bits per heavy atom. The van der Waals surface area contributed by atoms with Crippen LogP contribution in [0.2, 0.25) is 5.02 Å². The van der Waals surface area contributed by atoms with Crippen LogP contribution in [0.15, 0.2) is 18.2 Å². The van der Waals surface area contributed by atoms with E-state index in [2.05, 4.69) is 4.98 Å². The largest absolute Gasteiger partial charge is 0.417 e. The van der Waals surface area contributed by atoms with Crippen LogP contribution in [0.3, 0.4) is 0 Å². The molecule has 0 spiro atoms. The maximum Gasteiger partial charge on any atom is 0.417 e. The van der Waals surface area contributed by atoms with Gasteiger partial charge in [-0.15, -0.1) is 11.3 Å². The number of thiazole rings is 1. The SMILES string of the molecule is Cc1sc(-c2ccc(Cl)c(C(F)(F)F)c2)nc1C1C(=O)[C@H]2CC[C@@H](C2)C1=O. The number of carbonyl (C=O) groups excluding carboxylic acids is 2.